The lowest BCUT2D eigenvalue weighted by molar-refractivity contribution is -0.415. The molecule has 0 aliphatic carbocycles. The van der Waals surface area contributed by atoms with Gasteiger partial charge in [-0.25, -0.2) is 9.98 Å². The van der Waals surface area contributed by atoms with Crippen LogP contribution in [0, 0.1) is 6.92 Å². The molecule has 2 N–H and O–H groups in total. The van der Waals surface area contributed by atoms with E-state index in [4.69, 9.17) is 0 Å². The van der Waals surface area contributed by atoms with Gasteiger partial charge in [-0.3, -0.25) is 5.10 Å². The summed E-state index contributed by atoms with van der Waals surface area (Å²) in [5.74, 6) is 0.770. The van der Waals surface area contributed by atoms with E-state index in [1.165, 1.54) is 28.7 Å². The van der Waals surface area contributed by atoms with Crippen LogP contribution >= 0.6 is 23.1 Å². The number of hydrogen-bond acceptors (Lipinski definition) is 5. The Labute approximate surface area is 124 Å². The Bertz CT molecular complexity index is 729. The number of thiazole rings is 1. The monoisotopic (exact) mass is 302 g/mol. The topological polar surface area (TPSA) is 68.1 Å². The van der Waals surface area contributed by atoms with Crippen molar-refractivity contribution in [1.82, 2.24) is 15.2 Å². The van der Waals surface area contributed by atoms with Crippen LogP contribution in [0.2, 0.25) is 0 Å². The zero-order valence-corrected chi connectivity index (χ0v) is 12.4. The minimum atomic E-state index is 0.675. The van der Waals surface area contributed by atoms with Crippen molar-refractivity contribution in [3.63, 3.8) is 0 Å². The first-order valence-corrected chi connectivity index (χ1v) is 7.53. The Hall–Kier alpha value is -1.99. The summed E-state index contributed by atoms with van der Waals surface area (Å²) in [5, 5.41) is 8.69. The highest BCUT2D eigenvalue weighted by atomic mass is 32.2. The van der Waals surface area contributed by atoms with E-state index in [1.807, 2.05) is 18.3 Å². The van der Waals surface area contributed by atoms with Gasteiger partial charge >= 0.3 is 4.34 Å². The second kappa shape index (κ2) is 5.56. The second-order valence-corrected chi connectivity index (χ2v) is 6.38. The van der Waals surface area contributed by atoms with Gasteiger partial charge < -0.3 is 0 Å². The molecule has 0 unspecified atom stereocenters. The van der Waals surface area contributed by atoms with Crippen LogP contribution in [0.4, 0.5) is 5.00 Å². The third-order valence-corrected chi connectivity index (χ3v) is 4.57. The van der Waals surface area contributed by atoms with E-state index in [-0.39, 0.29) is 0 Å². The predicted octanol–water partition coefficient (Wildman–Crippen LogP) is 3.14. The molecule has 5 nitrogen and oxygen atoms in total. The van der Waals surface area contributed by atoms with Gasteiger partial charge in [0.25, 0.3) is 0 Å². The van der Waals surface area contributed by atoms with Crippen LogP contribution < -0.4 is 4.98 Å². The molecule has 3 rings (SSSR count). The van der Waals surface area contributed by atoms with Gasteiger partial charge in [0.15, 0.2) is 10.8 Å². The molecule has 0 fully saturated rings. The summed E-state index contributed by atoms with van der Waals surface area (Å²) in [4.78, 5) is 11.5. The molecule has 3 aromatic rings. The van der Waals surface area contributed by atoms with Gasteiger partial charge in [0, 0.05) is 17.3 Å². The van der Waals surface area contributed by atoms with Crippen LogP contribution in [-0.4, -0.2) is 21.9 Å². The van der Waals surface area contributed by atoms with Gasteiger partial charge in [0.1, 0.15) is 0 Å². The van der Waals surface area contributed by atoms with E-state index in [1.54, 1.807) is 0 Å². The summed E-state index contributed by atoms with van der Waals surface area (Å²) >= 11 is 2.98. The quantitative estimate of drug-likeness (QED) is 0.753. The average Bonchev–Trinajstić information content (AvgIpc) is 3.09. The van der Waals surface area contributed by atoms with Crippen LogP contribution in [0.1, 0.15) is 5.56 Å². The Balaban J connectivity index is 1.79. The Morgan fingerprint density at radius 3 is 2.85 bits per heavy atom. The molecule has 0 amide bonds. The molecule has 1 aromatic carbocycles. The zero-order valence-electron chi connectivity index (χ0n) is 10.8. The number of H-pyrrole nitrogens is 2. The molecule has 2 aromatic heterocycles. The second-order valence-electron chi connectivity index (χ2n) is 4.11. The number of aromatic nitrogens is 4. The third-order valence-electron chi connectivity index (χ3n) is 2.64. The number of aryl methyl sites for hydroxylation is 1. The third kappa shape index (κ3) is 2.78. The van der Waals surface area contributed by atoms with Gasteiger partial charge in [0.05, 0.1) is 0 Å². The smallest absolute Gasteiger partial charge is 0.258 e. The molecule has 100 valence electrons. The van der Waals surface area contributed by atoms with E-state index in [9.17, 15) is 0 Å². The van der Waals surface area contributed by atoms with Gasteiger partial charge in [-0.1, -0.05) is 29.8 Å². The summed E-state index contributed by atoms with van der Waals surface area (Å²) in [6.45, 7) is 5.55. The van der Waals surface area contributed by atoms with Crippen LogP contribution in [0.3, 0.4) is 0 Å². The van der Waals surface area contributed by atoms with Crippen molar-refractivity contribution in [2.24, 2.45) is 4.99 Å². The summed E-state index contributed by atoms with van der Waals surface area (Å²) < 4.78 is 0.974. The minimum absolute atomic E-state index is 0.675. The van der Waals surface area contributed by atoms with E-state index in [2.05, 4.69) is 50.9 Å². The van der Waals surface area contributed by atoms with E-state index >= 15 is 0 Å². The maximum Gasteiger partial charge on any atom is 0.305 e. The van der Waals surface area contributed by atoms with Crippen LogP contribution in [-0.2, 0) is 0 Å². The lowest BCUT2D eigenvalue weighted by Gasteiger charge is -1.95. The van der Waals surface area contributed by atoms with Gasteiger partial charge in [-0.15, -0.1) is 5.10 Å². The van der Waals surface area contributed by atoms with Crippen molar-refractivity contribution >= 4 is 34.8 Å². The maximum atomic E-state index is 4.48. The molecular weight excluding hydrogens is 290 g/mol. The standard InChI is InChI=1S/C13H11N5S2/c1-8-3-5-9(6-4-8)11-16-12(18-17-11)20-13-15-7-10(14-2)19-13/h3-7H,2H2,1H3,(H,16,17,18)/p+1. The van der Waals surface area contributed by atoms with Gasteiger partial charge in [-0.05, 0) is 25.0 Å². The lowest BCUT2D eigenvalue weighted by Crippen LogP contribution is -1.96. The lowest BCUT2D eigenvalue weighted by atomic mass is 10.1. The number of nitrogens with one attached hydrogen (secondary N) is 2. The van der Waals surface area contributed by atoms with Crippen LogP contribution in [0.5, 0.6) is 0 Å². The molecule has 0 saturated heterocycles. The highest BCUT2D eigenvalue weighted by molar-refractivity contribution is 8.00. The van der Waals surface area contributed by atoms with E-state index in [0.29, 0.717) is 5.16 Å². The fourth-order valence-electron chi connectivity index (χ4n) is 1.62. The molecule has 0 saturated carbocycles. The summed E-state index contributed by atoms with van der Waals surface area (Å²) in [6, 6.07) is 8.17. The molecule has 0 aliphatic rings. The number of hydrogen-bond donors (Lipinski definition) is 1. The molecule has 20 heavy (non-hydrogen) atoms. The van der Waals surface area contributed by atoms with Crippen molar-refractivity contribution in [3.05, 3.63) is 36.0 Å². The zero-order chi connectivity index (χ0) is 13.9. The number of aliphatic imine (C=N–C) groups is 1. The normalized spacial score (nSPS) is 10.7. The highest BCUT2D eigenvalue weighted by Gasteiger charge is 2.14. The fourth-order valence-corrected chi connectivity index (χ4v) is 3.27. The minimum Gasteiger partial charge on any atom is -0.258 e. The number of benzene rings is 1. The van der Waals surface area contributed by atoms with Crippen molar-refractivity contribution in [2.75, 3.05) is 0 Å². The van der Waals surface area contributed by atoms with Gasteiger partial charge in [0.2, 0.25) is 11.4 Å². The Morgan fingerprint density at radius 1 is 1.35 bits per heavy atom. The molecule has 0 aliphatic heterocycles. The average molecular weight is 302 g/mol. The predicted molar refractivity (Wildman–Crippen MR) is 80.8 cm³/mol. The van der Waals surface area contributed by atoms with Crippen LogP contribution in [0.15, 0.2) is 45.0 Å². The molecule has 0 bridgehead atoms. The first kappa shape index (κ1) is 13.0. The molecule has 0 atom stereocenters. The number of aromatic amines is 2. The van der Waals surface area contributed by atoms with Crippen molar-refractivity contribution < 1.29 is 4.98 Å². The van der Waals surface area contributed by atoms with Crippen molar-refractivity contribution in [2.45, 2.75) is 16.4 Å². The molecule has 2 heterocycles. The Kier molecular flexibility index (Phi) is 3.62. The molecule has 0 spiro atoms. The molecule has 0 radical (unpaired) electrons. The van der Waals surface area contributed by atoms with Crippen molar-refractivity contribution in [3.8, 4) is 11.4 Å². The Morgan fingerprint density at radius 2 is 2.15 bits per heavy atom. The number of nitrogens with zero attached hydrogens (tertiary/aromatic N) is 3. The SMILES string of the molecule is C=Nc1c[nH+]c(Sc2n[nH]c(-c3ccc(C)cc3)n2)s1. The van der Waals surface area contributed by atoms with Crippen LogP contribution in [0.25, 0.3) is 11.4 Å². The first-order chi connectivity index (χ1) is 9.74. The summed E-state index contributed by atoms with van der Waals surface area (Å²) in [6.07, 6.45) is 1.81. The summed E-state index contributed by atoms with van der Waals surface area (Å²) in [5.41, 5.74) is 2.25. The van der Waals surface area contributed by atoms with E-state index in [0.717, 1.165) is 20.7 Å². The largest absolute Gasteiger partial charge is 0.305 e. The van der Waals surface area contributed by atoms with E-state index < -0.39 is 0 Å². The maximum absolute atomic E-state index is 4.48. The van der Waals surface area contributed by atoms with Crippen molar-refractivity contribution in [1.29, 1.82) is 0 Å². The molecule has 7 heteroatoms. The highest BCUT2D eigenvalue weighted by Crippen LogP contribution is 2.30. The fraction of sp³-hybridized carbons (Fsp3) is 0.0769. The molecular formula is C13H12N5S2+. The van der Waals surface area contributed by atoms with Gasteiger partial charge in [-0.2, -0.15) is 4.98 Å². The summed E-state index contributed by atoms with van der Waals surface area (Å²) in [7, 11) is 0. The number of rotatable bonds is 4. The first-order valence-electron chi connectivity index (χ1n) is 5.90.